The van der Waals surface area contributed by atoms with Crippen LogP contribution in [0.4, 0.5) is 0 Å². The second-order valence-corrected chi connectivity index (χ2v) is 6.14. The van der Waals surface area contributed by atoms with E-state index in [1.54, 1.807) is 18.2 Å². The number of rotatable bonds is 7. The monoisotopic (exact) mass is 400 g/mol. The highest BCUT2D eigenvalue weighted by atomic mass is 35.5. The third kappa shape index (κ3) is 5.05. The molecule has 0 radical (unpaired) electrons. The van der Waals surface area contributed by atoms with Crippen molar-refractivity contribution in [2.75, 3.05) is 13.7 Å². The van der Waals surface area contributed by atoms with Crippen molar-refractivity contribution in [3.8, 4) is 11.5 Å². The number of carbonyl (C=O) groups excluding carboxylic acids is 1. The van der Waals surface area contributed by atoms with E-state index in [1.807, 2.05) is 0 Å². The Morgan fingerprint density at radius 3 is 2.52 bits per heavy atom. The molecule has 0 bridgehead atoms. The minimum atomic E-state index is -0.531. The van der Waals surface area contributed by atoms with Gasteiger partial charge in [-0.1, -0.05) is 53.5 Å². The number of benzene rings is 2. The fourth-order valence-corrected chi connectivity index (χ4v) is 2.57. The van der Waals surface area contributed by atoms with E-state index in [4.69, 9.17) is 49.0 Å². The van der Waals surface area contributed by atoms with Gasteiger partial charge in [-0.15, -0.1) is 0 Å². The van der Waals surface area contributed by atoms with Gasteiger partial charge in [0.25, 0.3) is 0 Å². The van der Waals surface area contributed by atoms with E-state index in [-0.39, 0.29) is 23.8 Å². The predicted molar refractivity (Wildman–Crippen MR) is 99.3 cm³/mol. The molecule has 0 aromatic heterocycles. The normalized spacial score (nSPS) is 10.2. The Kier molecular flexibility index (Phi) is 7.00. The molecule has 4 nitrogen and oxygen atoms in total. The zero-order chi connectivity index (χ0) is 18.4. The smallest absolute Gasteiger partial charge is 0.338 e. The van der Waals surface area contributed by atoms with E-state index in [0.717, 1.165) is 5.56 Å². The maximum atomic E-state index is 11.9. The molecule has 0 atom stereocenters. The fourth-order valence-electron chi connectivity index (χ4n) is 1.98. The van der Waals surface area contributed by atoms with Gasteiger partial charge in [0.1, 0.15) is 13.2 Å². The average Bonchev–Trinajstić information content (AvgIpc) is 2.60. The summed E-state index contributed by atoms with van der Waals surface area (Å²) in [6.45, 7) is 3.80. The first-order valence-electron chi connectivity index (χ1n) is 7.18. The van der Waals surface area contributed by atoms with Gasteiger partial charge in [0.2, 0.25) is 0 Å². The maximum Gasteiger partial charge on any atom is 0.338 e. The summed E-state index contributed by atoms with van der Waals surface area (Å²) in [6.07, 6.45) is 1.48. The highest BCUT2D eigenvalue weighted by molar-refractivity contribution is 6.42. The summed E-state index contributed by atoms with van der Waals surface area (Å²) in [4.78, 5) is 11.9. The summed E-state index contributed by atoms with van der Waals surface area (Å²) < 4.78 is 16.0. The summed E-state index contributed by atoms with van der Waals surface area (Å²) in [5.74, 6) is 0.102. The molecule has 2 aromatic rings. The van der Waals surface area contributed by atoms with Crippen molar-refractivity contribution in [3.05, 3.63) is 69.2 Å². The van der Waals surface area contributed by atoms with Crippen LogP contribution in [0.25, 0.3) is 0 Å². The lowest BCUT2D eigenvalue weighted by Gasteiger charge is -2.14. The van der Waals surface area contributed by atoms with E-state index in [9.17, 15) is 4.79 Å². The lowest BCUT2D eigenvalue weighted by molar-refractivity contribution is 0.0549. The van der Waals surface area contributed by atoms with Gasteiger partial charge in [0.15, 0.2) is 11.5 Å². The predicted octanol–water partition coefficient (Wildman–Crippen LogP) is 5.58. The Morgan fingerprint density at radius 2 is 1.88 bits per heavy atom. The molecule has 0 aliphatic carbocycles. The summed E-state index contributed by atoms with van der Waals surface area (Å²) in [7, 11) is 1.45. The topological polar surface area (TPSA) is 44.8 Å². The SMILES string of the molecule is C=CCOC(=O)c1cc(Cl)c(OCc2ccc(Cl)c(Cl)c2)c(OC)c1. The Labute approximate surface area is 160 Å². The summed E-state index contributed by atoms with van der Waals surface area (Å²) >= 11 is 18.1. The second kappa shape index (κ2) is 8.99. The van der Waals surface area contributed by atoms with Gasteiger partial charge in [-0.25, -0.2) is 4.79 Å². The van der Waals surface area contributed by atoms with Crippen LogP contribution in [0.3, 0.4) is 0 Å². The van der Waals surface area contributed by atoms with E-state index in [2.05, 4.69) is 6.58 Å². The highest BCUT2D eigenvalue weighted by Gasteiger charge is 2.17. The van der Waals surface area contributed by atoms with Gasteiger partial charge >= 0.3 is 5.97 Å². The second-order valence-electron chi connectivity index (χ2n) is 4.91. The van der Waals surface area contributed by atoms with E-state index < -0.39 is 5.97 Å². The maximum absolute atomic E-state index is 11.9. The van der Waals surface area contributed by atoms with Crippen molar-refractivity contribution in [2.24, 2.45) is 0 Å². The lowest BCUT2D eigenvalue weighted by Crippen LogP contribution is -2.06. The number of methoxy groups -OCH3 is 1. The number of halogens is 3. The number of esters is 1. The number of hydrogen-bond donors (Lipinski definition) is 0. The molecule has 25 heavy (non-hydrogen) atoms. The van der Waals surface area contributed by atoms with Crippen molar-refractivity contribution in [1.29, 1.82) is 0 Å². The summed E-state index contributed by atoms with van der Waals surface area (Å²) in [6, 6.07) is 8.13. The molecule has 0 unspecified atom stereocenters. The van der Waals surface area contributed by atoms with E-state index >= 15 is 0 Å². The first kappa shape index (κ1) is 19.4. The van der Waals surface area contributed by atoms with Crippen LogP contribution in [-0.4, -0.2) is 19.7 Å². The largest absolute Gasteiger partial charge is 0.493 e. The van der Waals surface area contributed by atoms with Crippen LogP contribution in [0.1, 0.15) is 15.9 Å². The first-order chi connectivity index (χ1) is 12.0. The van der Waals surface area contributed by atoms with E-state index in [1.165, 1.54) is 25.3 Å². The van der Waals surface area contributed by atoms with Crippen molar-refractivity contribution >= 4 is 40.8 Å². The molecule has 0 saturated heterocycles. The summed E-state index contributed by atoms with van der Waals surface area (Å²) in [5.41, 5.74) is 1.06. The zero-order valence-electron chi connectivity index (χ0n) is 13.4. The summed E-state index contributed by atoms with van der Waals surface area (Å²) in [5, 5.41) is 1.12. The molecule has 7 heteroatoms. The molecular weight excluding hydrogens is 387 g/mol. The number of carbonyl (C=O) groups is 1. The Balaban J connectivity index is 2.20. The molecule has 0 saturated carbocycles. The fraction of sp³-hybridized carbons (Fsp3) is 0.167. The van der Waals surface area contributed by atoms with Crippen LogP contribution < -0.4 is 9.47 Å². The number of ether oxygens (including phenoxy) is 3. The molecular formula is C18H15Cl3O4. The van der Waals surface area contributed by atoms with Gasteiger partial charge in [0, 0.05) is 0 Å². The van der Waals surface area contributed by atoms with Crippen molar-refractivity contribution in [1.82, 2.24) is 0 Å². The van der Waals surface area contributed by atoms with Gasteiger partial charge < -0.3 is 14.2 Å². The molecule has 0 spiro atoms. The van der Waals surface area contributed by atoms with Crippen LogP contribution in [0.15, 0.2) is 43.0 Å². The third-order valence-corrected chi connectivity index (χ3v) is 4.18. The van der Waals surface area contributed by atoms with Crippen molar-refractivity contribution in [2.45, 2.75) is 6.61 Å². The van der Waals surface area contributed by atoms with Crippen LogP contribution in [0.2, 0.25) is 15.1 Å². The van der Waals surface area contributed by atoms with Crippen LogP contribution in [0.5, 0.6) is 11.5 Å². The van der Waals surface area contributed by atoms with Gasteiger partial charge in [-0.2, -0.15) is 0 Å². The Morgan fingerprint density at radius 1 is 1.12 bits per heavy atom. The molecule has 0 aliphatic rings. The van der Waals surface area contributed by atoms with E-state index in [0.29, 0.717) is 21.5 Å². The van der Waals surface area contributed by atoms with Crippen LogP contribution in [0, 0.1) is 0 Å². The van der Waals surface area contributed by atoms with Crippen molar-refractivity contribution in [3.63, 3.8) is 0 Å². The standard InChI is InChI=1S/C18H15Cl3O4/c1-3-6-24-18(22)12-8-15(21)17(16(9-12)23-2)25-10-11-4-5-13(19)14(20)7-11/h3-5,7-9H,1,6,10H2,2H3. The average molecular weight is 402 g/mol. The molecule has 0 heterocycles. The Hall–Kier alpha value is -1.88. The minimum Gasteiger partial charge on any atom is -0.493 e. The minimum absolute atomic E-state index is 0.106. The third-order valence-electron chi connectivity index (χ3n) is 3.16. The van der Waals surface area contributed by atoms with Crippen LogP contribution >= 0.6 is 34.8 Å². The van der Waals surface area contributed by atoms with Crippen LogP contribution in [-0.2, 0) is 11.3 Å². The molecule has 0 aliphatic heterocycles. The molecule has 2 rings (SSSR count). The Bertz CT molecular complexity index is 790. The van der Waals surface area contributed by atoms with Gasteiger partial charge in [0.05, 0.1) is 27.7 Å². The molecule has 2 aromatic carbocycles. The molecule has 0 N–H and O–H groups in total. The zero-order valence-corrected chi connectivity index (χ0v) is 15.6. The quantitative estimate of drug-likeness (QED) is 0.449. The molecule has 0 amide bonds. The molecule has 0 fully saturated rings. The van der Waals surface area contributed by atoms with Gasteiger partial charge in [-0.3, -0.25) is 0 Å². The first-order valence-corrected chi connectivity index (χ1v) is 8.32. The highest BCUT2D eigenvalue weighted by Crippen LogP contribution is 2.37. The molecule has 132 valence electrons. The lowest BCUT2D eigenvalue weighted by atomic mass is 10.2. The van der Waals surface area contributed by atoms with Gasteiger partial charge in [-0.05, 0) is 29.8 Å². The number of hydrogen-bond acceptors (Lipinski definition) is 4. The van der Waals surface area contributed by atoms with Crippen molar-refractivity contribution < 1.29 is 19.0 Å².